The van der Waals surface area contributed by atoms with Gasteiger partial charge < -0.3 is 10.6 Å². The molecule has 0 heterocycles. The zero-order valence-corrected chi connectivity index (χ0v) is 9.05. The lowest BCUT2D eigenvalue weighted by molar-refractivity contribution is -0.132. The normalized spacial score (nSPS) is 10.5. The van der Waals surface area contributed by atoms with Crippen molar-refractivity contribution in [2.45, 2.75) is 46.1 Å². The molecule has 78 valence electrons. The molecule has 3 nitrogen and oxygen atoms in total. The lowest BCUT2D eigenvalue weighted by Gasteiger charge is -2.25. The highest BCUT2D eigenvalue weighted by Crippen LogP contribution is 2.04. The third kappa shape index (κ3) is 4.88. The van der Waals surface area contributed by atoms with Gasteiger partial charge in [-0.2, -0.15) is 0 Å². The lowest BCUT2D eigenvalue weighted by atomic mass is 10.2. The van der Waals surface area contributed by atoms with Crippen LogP contribution in [0.15, 0.2) is 0 Å². The van der Waals surface area contributed by atoms with E-state index in [-0.39, 0.29) is 5.91 Å². The Kier molecular flexibility index (Phi) is 6.59. The van der Waals surface area contributed by atoms with Crippen LogP contribution in [0.2, 0.25) is 0 Å². The molecule has 0 aliphatic heterocycles. The van der Waals surface area contributed by atoms with Gasteiger partial charge in [0.15, 0.2) is 0 Å². The Bertz CT molecular complexity index is 146. The molecule has 0 saturated carbocycles. The summed E-state index contributed by atoms with van der Waals surface area (Å²) in [5.74, 6) is 0.256. The Hall–Kier alpha value is -0.570. The van der Waals surface area contributed by atoms with E-state index in [9.17, 15) is 4.79 Å². The predicted molar refractivity (Wildman–Crippen MR) is 55.4 cm³/mol. The number of hydrogen-bond donors (Lipinski definition) is 1. The van der Waals surface area contributed by atoms with Crippen molar-refractivity contribution in [2.75, 3.05) is 13.1 Å². The van der Waals surface area contributed by atoms with Crippen LogP contribution in [0, 0.1) is 0 Å². The van der Waals surface area contributed by atoms with E-state index in [4.69, 9.17) is 5.73 Å². The fourth-order valence-electron chi connectivity index (χ4n) is 1.39. The van der Waals surface area contributed by atoms with Gasteiger partial charge in [-0.3, -0.25) is 4.79 Å². The van der Waals surface area contributed by atoms with E-state index < -0.39 is 0 Å². The Morgan fingerprint density at radius 3 is 2.38 bits per heavy atom. The SMILES string of the molecule is CCN(C(=O)CCCCN)C(C)C. The van der Waals surface area contributed by atoms with Crippen LogP contribution in [0.4, 0.5) is 0 Å². The Labute approximate surface area is 81.3 Å². The molecule has 0 rings (SSSR count). The molecule has 0 fully saturated rings. The fraction of sp³-hybridized carbons (Fsp3) is 0.900. The molecule has 2 N–H and O–H groups in total. The van der Waals surface area contributed by atoms with Gasteiger partial charge in [0.1, 0.15) is 0 Å². The van der Waals surface area contributed by atoms with Crippen molar-refractivity contribution in [2.24, 2.45) is 5.73 Å². The lowest BCUT2D eigenvalue weighted by Crippen LogP contribution is -2.36. The monoisotopic (exact) mass is 186 g/mol. The summed E-state index contributed by atoms with van der Waals surface area (Å²) in [6.45, 7) is 7.59. The first-order valence-corrected chi connectivity index (χ1v) is 5.13. The van der Waals surface area contributed by atoms with E-state index in [1.54, 1.807) is 0 Å². The highest BCUT2D eigenvalue weighted by Gasteiger charge is 2.13. The van der Waals surface area contributed by atoms with Crippen molar-refractivity contribution in [1.29, 1.82) is 0 Å². The van der Waals surface area contributed by atoms with Crippen LogP contribution in [-0.2, 0) is 4.79 Å². The van der Waals surface area contributed by atoms with E-state index in [0.717, 1.165) is 19.4 Å². The van der Waals surface area contributed by atoms with Crippen LogP contribution in [-0.4, -0.2) is 29.9 Å². The third-order valence-electron chi connectivity index (χ3n) is 2.13. The summed E-state index contributed by atoms with van der Waals surface area (Å²) in [7, 11) is 0. The first kappa shape index (κ1) is 12.4. The van der Waals surface area contributed by atoms with Gasteiger partial charge in [-0.1, -0.05) is 0 Å². The Balaban J connectivity index is 3.78. The number of nitrogens with two attached hydrogens (primary N) is 1. The molecule has 0 aromatic carbocycles. The van der Waals surface area contributed by atoms with Crippen LogP contribution in [0.5, 0.6) is 0 Å². The van der Waals surface area contributed by atoms with Crippen molar-refractivity contribution in [3.05, 3.63) is 0 Å². The molecule has 1 amide bonds. The first-order valence-electron chi connectivity index (χ1n) is 5.13. The van der Waals surface area contributed by atoms with Crippen molar-refractivity contribution < 1.29 is 4.79 Å². The number of unbranched alkanes of at least 4 members (excludes halogenated alkanes) is 1. The van der Waals surface area contributed by atoms with E-state index in [2.05, 4.69) is 0 Å². The average molecular weight is 186 g/mol. The van der Waals surface area contributed by atoms with Crippen LogP contribution >= 0.6 is 0 Å². The molecule has 0 atom stereocenters. The standard InChI is InChI=1S/C10H22N2O/c1-4-12(9(2)3)10(13)7-5-6-8-11/h9H,4-8,11H2,1-3H3. The van der Waals surface area contributed by atoms with E-state index in [1.807, 2.05) is 25.7 Å². The number of nitrogens with zero attached hydrogens (tertiary/aromatic N) is 1. The van der Waals surface area contributed by atoms with Crippen LogP contribution < -0.4 is 5.73 Å². The second kappa shape index (κ2) is 6.89. The summed E-state index contributed by atoms with van der Waals surface area (Å²) in [5.41, 5.74) is 5.36. The molecule has 0 aliphatic rings. The highest BCUT2D eigenvalue weighted by molar-refractivity contribution is 5.76. The zero-order chi connectivity index (χ0) is 10.3. The molecule has 13 heavy (non-hydrogen) atoms. The molecule has 0 unspecified atom stereocenters. The molecule has 0 radical (unpaired) electrons. The van der Waals surface area contributed by atoms with Crippen LogP contribution in [0.3, 0.4) is 0 Å². The Morgan fingerprint density at radius 2 is 2.00 bits per heavy atom. The Morgan fingerprint density at radius 1 is 1.38 bits per heavy atom. The molecular weight excluding hydrogens is 164 g/mol. The van der Waals surface area contributed by atoms with Crippen LogP contribution in [0.25, 0.3) is 0 Å². The van der Waals surface area contributed by atoms with Crippen LogP contribution in [0.1, 0.15) is 40.0 Å². The van der Waals surface area contributed by atoms with Gasteiger partial charge in [-0.15, -0.1) is 0 Å². The number of rotatable bonds is 6. The van der Waals surface area contributed by atoms with Gasteiger partial charge in [0.25, 0.3) is 0 Å². The molecule has 0 saturated heterocycles. The molecule has 0 aromatic heterocycles. The first-order chi connectivity index (χ1) is 6.13. The quantitative estimate of drug-likeness (QED) is 0.637. The number of hydrogen-bond acceptors (Lipinski definition) is 2. The maximum absolute atomic E-state index is 11.6. The molecule has 3 heteroatoms. The van der Waals surface area contributed by atoms with Gasteiger partial charge >= 0.3 is 0 Å². The maximum Gasteiger partial charge on any atom is 0.222 e. The minimum absolute atomic E-state index is 0.256. The highest BCUT2D eigenvalue weighted by atomic mass is 16.2. The maximum atomic E-state index is 11.6. The van der Waals surface area contributed by atoms with Crippen molar-refractivity contribution >= 4 is 5.91 Å². The summed E-state index contributed by atoms with van der Waals surface area (Å²) in [4.78, 5) is 13.5. The van der Waals surface area contributed by atoms with E-state index >= 15 is 0 Å². The topological polar surface area (TPSA) is 46.3 Å². The average Bonchev–Trinajstić information content (AvgIpc) is 2.05. The third-order valence-corrected chi connectivity index (χ3v) is 2.13. The largest absolute Gasteiger partial charge is 0.341 e. The minimum Gasteiger partial charge on any atom is -0.341 e. The van der Waals surface area contributed by atoms with Crippen molar-refractivity contribution in [3.63, 3.8) is 0 Å². The fourth-order valence-corrected chi connectivity index (χ4v) is 1.39. The molecule has 0 aliphatic carbocycles. The predicted octanol–water partition coefficient (Wildman–Crippen LogP) is 1.37. The second-order valence-corrected chi connectivity index (χ2v) is 3.52. The number of carbonyl (C=O) groups excluding carboxylic acids is 1. The summed E-state index contributed by atoms with van der Waals surface area (Å²) >= 11 is 0. The smallest absolute Gasteiger partial charge is 0.222 e. The number of carbonyl (C=O) groups is 1. The molecule has 0 bridgehead atoms. The zero-order valence-electron chi connectivity index (χ0n) is 9.05. The molecular formula is C10H22N2O. The summed E-state index contributed by atoms with van der Waals surface area (Å²) in [5, 5.41) is 0. The summed E-state index contributed by atoms with van der Waals surface area (Å²) < 4.78 is 0. The van der Waals surface area contributed by atoms with Gasteiger partial charge in [-0.25, -0.2) is 0 Å². The molecule has 0 spiro atoms. The number of amides is 1. The minimum atomic E-state index is 0.256. The van der Waals surface area contributed by atoms with E-state index in [0.29, 0.717) is 19.0 Å². The van der Waals surface area contributed by atoms with Crippen molar-refractivity contribution in [3.8, 4) is 0 Å². The molecule has 0 aromatic rings. The summed E-state index contributed by atoms with van der Waals surface area (Å²) in [6, 6.07) is 0.315. The van der Waals surface area contributed by atoms with Crippen molar-refractivity contribution in [1.82, 2.24) is 4.90 Å². The van der Waals surface area contributed by atoms with Gasteiger partial charge in [0.05, 0.1) is 0 Å². The van der Waals surface area contributed by atoms with Gasteiger partial charge in [0.2, 0.25) is 5.91 Å². The van der Waals surface area contributed by atoms with Gasteiger partial charge in [-0.05, 0) is 40.2 Å². The summed E-state index contributed by atoms with van der Waals surface area (Å²) in [6.07, 6.45) is 2.50. The second-order valence-electron chi connectivity index (χ2n) is 3.52. The van der Waals surface area contributed by atoms with Gasteiger partial charge in [0, 0.05) is 19.0 Å². The van der Waals surface area contributed by atoms with E-state index in [1.165, 1.54) is 0 Å².